The first-order valence-electron chi connectivity index (χ1n) is 7.28. The maximum absolute atomic E-state index is 11.6. The Bertz CT molecular complexity index is 865. The monoisotopic (exact) mass is 369 g/mol. The van der Waals surface area contributed by atoms with Gasteiger partial charge in [0.05, 0.1) is 4.90 Å². The fourth-order valence-corrected chi connectivity index (χ4v) is 4.33. The molecule has 0 N–H and O–H groups in total. The molecule has 0 fully saturated rings. The minimum Gasteiger partial charge on any atom is -0.301 e. The second-order valence-electron chi connectivity index (χ2n) is 6.05. The zero-order valence-electron chi connectivity index (χ0n) is 12.9. The van der Waals surface area contributed by atoms with E-state index in [2.05, 4.69) is 18.9 Å². The zero-order chi connectivity index (χ0) is 16.8. The lowest BCUT2D eigenvalue weighted by atomic mass is 9.83. The number of halogens is 2. The van der Waals surface area contributed by atoms with Crippen molar-refractivity contribution in [1.82, 2.24) is 4.90 Å². The predicted molar refractivity (Wildman–Crippen MR) is 93.8 cm³/mol. The van der Waals surface area contributed by atoms with E-state index in [1.807, 2.05) is 18.2 Å². The van der Waals surface area contributed by atoms with Crippen LogP contribution >= 0.6 is 22.3 Å². The highest BCUT2D eigenvalue weighted by Gasteiger charge is 2.27. The van der Waals surface area contributed by atoms with Crippen molar-refractivity contribution in [2.45, 2.75) is 24.3 Å². The molecule has 1 atom stereocenters. The van der Waals surface area contributed by atoms with E-state index in [0.29, 0.717) is 5.02 Å². The molecule has 0 saturated carbocycles. The number of hydrogen-bond acceptors (Lipinski definition) is 3. The summed E-state index contributed by atoms with van der Waals surface area (Å²) in [5.74, 6) is 0.0690. The van der Waals surface area contributed by atoms with Gasteiger partial charge in [0, 0.05) is 34.7 Å². The van der Waals surface area contributed by atoms with Gasteiger partial charge < -0.3 is 4.90 Å². The van der Waals surface area contributed by atoms with E-state index >= 15 is 0 Å². The Morgan fingerprint density at radius 3 is 2.65 bits per heavy atom. The van der Waals surface area contributed by atoms with Crippen molar-refractivity contribution in [2.75, 3.05) is 13.6 Å². The molecular weight excluding hydrogens is 353 g/mol. The third-order valence-corrected chi connectivity index (χ3v) is 5.88. The fraction of sp³-hybridized carbons (Fsp3) is 0.294. The van der Waals surface area contributed by atoms with Gasteiger partial charge in [-0.25, -0.2) is 8.42 Å². The molecular formula is C17H17Cl2NO2S. The Balaban J connectivity index is 2.15. The fourth-order valence-electron chi connectivity index (χ4n) is 3.24. The summed E-state index contributed by atoms with van der Waals surface area (Å²) in [6, 6.07) is 10.8. The van der Waals surface area contributed by atoms with E-state index in [-0.39, 0.29) is 10.8 Å². The van der Waals surface area contributed by atoms with Gasteiger partial charge >= 0.3 is 0 Å². The molecule has 3 rings (SSSR count). The van der Waals surface area contributed by atoms with Crippen LogP contribution in [-0.4, -0.2) is 26.9 Å². The summed E-state index contributed by atoms with van der Waals surface area (Å²) in [7, 11) is 3.81. The maximum Gasteiger partial charge on any atom is 0.261 e. The van der Waals surface area contributed by atoms with Crippen LogP contribution in [0.3, 0.4) is 0 Å². The van der Waals surface area contributed by atoms with E-state index in [1.54, 1.807) is 12.1 Å². The lowest BCUT2D eigenvalue weighted by Crippen LogP contribution is -2.31. The molecule has 0 bridgehead atoms. The second-order valence-corrected chi connectivity index (χ2v) is 9.05. The van der Waals surface area contributed by atoms with Crippen LogP contribution < -0.4 is 0 Å². The minimum atomic E-state index is -3.74. The van der Waals surface area contributed by atoms with Gasteiger partial charge in [0.1, 0.15) is 0 Å². The molecule has 3 nitrogen and oxygen atoms in total. The first-order valence-corrected chi connectivity index (χ1v) is 9.96. The van der Waals surface area contributed by atoms with Crippen molar-refractivity contribution in [3.8, 4) is 0 Å². The van der Waals surface area contributed by atoms with Gasteiger partial charge in [-0.1, -0.05) is 23.7 Å². The van der Waals surface area contributed by atoms with E-state index in [0.717, 1.165) is 29.8 Å². The van der Waals surface area contributed by atoms with Gasteiger partial charge in [-0.2, -0.15) is 0 Å². The number of nitrogens with zero attached hydrogens (tertiary/aromatic N) is 1. The van der Waals surface area contributed by atoms with Crippen molar-refractivity contribution in [1.29, 1.82) is 0 Å². The average Bonchev–Trinajstić information content (AvgIpc) is 2.47. The van der Waals surface area contributed by atoms with Crippen molar-refractivity contribution in [3.05, 3.63) is 63.7 Å². The van der Waals surface area contributed by atoms with Crippen LogP contribution in [0.4, 0.5) is 0 Å². The van der Waals surface area contributed by atoms with Crippen molar-refractivity contribution < 1.29 is 8.42 Å². The molecule has 0 spiro atoms. The first kappa shape index (κ1) is 16.8. The Hall–Kier alpha value is -1.07. The second kappa shape index (κ2) is 6.10. The smallest absolute Gasteiger partial charge is 0.261 e. The van der Waals surface area contributed by atoms with Gasteiger partial charge in [-0.05, 0) is 60.5 Å². The van der Waals surface area contributed by atoms with E-state index in [4.69, 9.17) is 22.3 Å². The Labute approximate surface area is 146 Å². The largest absolute Gasteiger partial charge is 0.301 e. The molecule has 0 aliphatic carbocycles. The third-order valence-electron chi connectivity index (χ3n) is 4.31. The molecule has 122 valence electrons. The van der Waals surface area contributed by atoms with Crippen LogP contribution in [0.2, 0.25) is 5.02 Å². The Morgan fingerprint density at radius 1 is 1.22 bits per heavy atom. The Morgan fingerprint density at radius 2 is 1.96 bits per heavy atom. The number of rotatable bonds is 2. The topological polar surface area (TPSA) is 37.4 Å². The van der Waals surface area contributed by atoms with E-state index in [1.165, 1.54) is 11.6 Å². The minimum absolute atomic E-state index is 0.0690. The molecule has 23 heavy (non-hydrogen) atoms. The first-order chi connectivity index (χ1) is 10.8. The summed E-state index contributed by atoms with van der Waals surface area (Å²) >= 11 is 6.24. The number of benzene rings is 2. The van der Waals surface area contributed by atoms with Crippen molar-refractivity contribution in [2.24, 2.45) is 0 Å². The van der Waals surface area contributed by atoms with Gasteiger partial charge in [0.2, 0.25) is 0 Å². The lowest BCUT2D eigenvalue weighted by molar-refractivity contribution is 0.294. The zero-order valence-corrected chi connectivity index (χ0v) is 15.2. The molecule has 2 aromatic rings. The SMILES string of the molecule is Cc1cc(Cl)cc2c1CN(C)CC2c1cccc(S(=O)(=O)Cl)c1. The summed E-state index contributed by atoms with van der Waals surface area (Å²) in [5.41, 5.74) is 4.51. The molecule has 1 aliphatic rings. The molecule has 1 aliphatic heterocycles. The molecule has 6 heteroatoms. The van der Waals surface area contributed by atoms with Gasteiger partial charge in [0.25, 0.3) is 9.05 Å². The summed E-state index contributed by atoms with van der Waals surface area (Å²) in [6.07, 6.45) is 0. The highest BCUT2D eigenvalue weighted by atomic mass is 35.7. The number of fused-ring (bicyclic) bond motifs is 1. The molecule has 0 radical (unpaired) electrons. The molecule has 0 saturated heterocycles. The number of likely N-dealkylation sites (N-methyl/N-ethyl adjacent to an activating group) is 1. The van der Waals surface area contributed by atoms with E-state index in [9.17, 15) is 8.42 Å². The average molecular weight is 370 g/mol. The van der Waals surface area contributed by atoms with Crippen LogP contribution in [0.1, 0.15) is 28.2 Å². The van der Waals surface area contributed by atoms with Gasteiger partial charge in [-0.3, -0.25) is 0 Å². The van der Waals surface area contributed by atoms with Crippen LogP contribution in [-0.2, 0) is 15.6 Å². The van der Waals surface area contributed by atoms with Crippen LogP contribution in [0.15, 0.2) is 41.3 Å². The third kappa shape index (κ3) is 3.41. The van der Waals surface area contributed by atoms with E-state index < -0.39 is 9.05 Å². The quantitative estimate of drug-likeness (QED) is 0.746. The normalized spacial score (nSPS) is 18.7. The molecule has 1 unspecified atom stereocenters. The van der Waals surface area contributed by atoms with Crippen LogP contribution in [0.25, 0.3) is 0 Å². The van der Waals surface area contributed by atoms with Crippen molar-refractivity contribution >= 4 is 31.3 Å². The number of aryl methyl sites for hydroxylation is 1. The van der Waals surface area contributed by atoms with Crippen LogP contribution in [0.5, 0.6) is 0 Å². The molecule has 2 aromatic carbocycles. The highest BCUT2D eigenvalue weighted by molar-refractivity contribution is 8.13. The maximum atomic E-state index is 11.6. The predicted octanol–water partition coefficient (Wildman–Crippen LogP) is 4.15. The van der Waals surface area contributed by atoms with Crippen LogP contribution in [0, 0.1) is 6.92 Å². The summed E-state index contributed by atoms with van der Waals surface area (Å²) in [5, 5.41) is 0.705. The van der Waals surface area contributed by atoms with Gasteiger partial charge in [0.15, 0.2) is 0 Å². The summed E-state index contributed by atoms with van der Waals surface area (Å²) < 4.78 is 23.2. The summed E-state index contributed by atoms with van der Waals surface area (Å²) in [6.45, 7) is 3.72. The molecule has 0 amide bonds. The number of hydrogen-bond donors (Lipinski definition) is 0. The van der Waals surface area contributed by atoms with Gasteiger partial charge in [-0.15, -0.1) is 0 Å². The summed E-state index contributed by atoms with van der Waals surface area (Å²) in [4.78, 5) is 2.36. The molecule has 0 aromatic heterocycles. The standard InChI is InChI=1S/C17H17Cl2NO2S/c1-11-6-13(18)8-15-16(11)9-20(2)10-17(15)12-4-3-5-14(7-12)23(19,21)22/h3-8,17H,9-10H2,1-2H3. The Kier molecular flexibility index (Phi) is 4.45. The lowest BCUT2D eigenvalue weighted by Gasteiger charge is -2.34. The molecule has 1 heterocycles. The highest BCUT2D eigenvalue weighted by Crippen LogP contribution is 2.37. The van der Waals surface area contributed by atoms with Crippen molar-refractivity contribution in [3.63, 3.8) is 0 Å².